The Bertz CT molecular complexity index is 1600. The van der Waals surface area contributed by atoms with E-state index in [4.69, 9.17) is 10.7 Å². The van der Waals surface area contributed by atoms with E-state index in [0.29, 0.717) is 52.5 Å². The number of amides is 1. The molecule has 4 aromatic rings. The van der Waals surface area contributed by atoms with E-state index >= 15 is 0 Å². The number of nitrogens with two attached hydrogens (primary N) is 1. The molecule has 1 amide bonds. The molecule has 1 fully saturated rings. The van der Waals surface area contributed by atoms with Crippen LogP contribution in [0.3, 0.4) is 0 Å². The molecule has 1 saturated heterocycles. The van der Waals surface area contributed by atoms with Gasteiger partial charge in [-0.2, -0.15) is 4.31 Å². The van der Waals surface area contributed by atoms with Crippen molar-refractivity contribution in [3.05, 3.63) is 83.9 Å². The summed E-state index contributed by atoms with van der Waals surface area (Å²) < 4.78 is 28.9. The van der Waals surface area contributed by atoms with Crippen molar-refractivity contribution in [2.75, 3.05) is 17.6 Å². The van der Waals surface area contributed by atoms with Crippen LogP contribution in [-0.4, -0.2) is 44.5 Å². The maximum Gasteiger partial charge on any atom is 0.256 e. The third-order valence-electron chi connectivity index (χ3n) is 6.63. The number of hydrogen-bond acceptors (Lipinski definition) is 7. The molecule has 0 aliphatic carbocycles. The van der Waals surface area contributed by atoms with Gasteiger partial charge >= 0.3 is 0 Å². The molecule has 1 aliphatic heterocycles. The fourth-order valence-corrected chi connectivity index (χ4v) is 5.89. The lowest BCUT2D eigenvalue weighted by Crippen LogP contribution is -2.38. The van der Waals surface area contributed by atoms with E-state index < -0.39 is 16.1 Å². The first-order valence-electron chi connectivity index (χ1n) is 11.9. The van der Waals surface area contributed by atoms with Crippen molar-refractivity contribution >= 4 is 33.1 Å². The van der Waals surface area contributed by atoms with Crippen LogP contribution in [0.1, 0.15) is 47.1 Å². The second-order valence-corrected chi connectivity index (χ2v) is 10.7. The van der Waals surface area contributed by atoms with Crippen LogP contribution in [0.5, 0.6) is 0 Å². The van der Waals surface area contributed by atoms with Gasteiger partial charge in [0.25, 0.3) is 5.91 Å². The molecule has 1 atom stereocenters. The van der Waals surface area contributed by atoms with Crippen molar-refractivity contribution in [1.29, 1.82) is 0 Å². The van der Waals surface area contributed by atoms with Crippen molar-refractivity contribution < 1.29 is 13.2 Å². The first kappa shape index (κ1) is 24.6. The highest BCUT2D eigenvalue weighted by atomic mass is 32.2. The number of carbonyl (C=O) groups excluding carboxylic acids is 1. The van der Waals surface area contributed by atoms with Gasteiger partial charge < -0.3 is 11.1 Å². The molecule has 5 rings (SSSR count). The Balaban J connectivity index is 1.63. The number of aromatic nitrogens is 4. The van der Waals surface area contributed by atoms with E-state index in [2.05, 4.69) is 21.9 Å². The molecule has 11 heteroatoms. The molecule has 37 heavy (non-hydrogen) atoms. The van der Waals surface area contributed by atoms with E-state index in [1.54, 1.807) is 53.3 Å². The maximum atomic E-state index is 12.8. The number of rotatable bonds is 6. The summed E-state index contributed by atoms with van der Waals surface area (Å²) >= 11 is 0. The highest BCUT2D eigenvalue weighted by Gasteiger charge is 2.35. The molecule has 190 valence electrons. The van der Waals surface area contributed by atoms with Crippen LogP contribution >= 0.6 is 0 Å². The molecule has 1 aliphatic rings. The van der Waals surface area contributed by atoms with E-state index in [9.17, 15) is 13.2 Å². The minimum Gasteiger partial charge on any atom is -0.382 e. The smallest absolute Gasteiger partial charge is 0.256 e. The van der Waals surface area contributed by atoms with E-state index in [-0.39, 0.29) is 11.7 Å². The normalized spacial score (nSPS) is 16.5. The van der Waals surface area contributed by atoms with Crippen LogP contribution in [0.2, 0.25) is 0 Å². The Hall–Kier alpha value is -4.09. The number of fused-ring (bicyclic) bond motifs is 1. The Labute approximate surface area is 214 Å². The first-order valence-corrected chi connectivity index (χ1v) is 13.4. The van der Waals surface area contributed by atoms with Gasteiger partial charge in [-0.3, -0.25) is 9.20 Å². The van der Waals surface area contributed by atoms with Gasteiger partial charge in [-0.1, -0.05) is 31.2 Å². The Morgan fingerprint density at radius 2 is 1.95 bits per heavy atom. The average molecular weight is 518 g/mol. The van der Waals surface area contributed by atoms with Gasteiger partial charge in [0.15, 0.2) is 0 Å². The average Bonchev–Trinajstić information content (AvgIpc) is 3.31. The Morgan fingerprint density at radius 1 is 1.16 bits per heavy atom. The van der Waals surface area contributed by atoms with Crippen LogP contribution < -0.4 is 11.1 Å². The number of nitrogens with one attached hydrogen (secondary N) is 1. The van der Waals surface area contributed by atoms with Crippen molar-refractivity contribution in [3.8, 4) is 11.3 Å². The van der Waals surface area contributed by atoms with Gasteiger partial charge in [-0.25, -0.2) is 23.4 Å². The summed E-state index contributed by atoms with van der Waals surface area (Å²) in [5.41, 5.74) is 9.34. The number of imidazole rings is 1. The fraction of sp³-hybridized carbons (Fsp3) is 0.231. The lowest BCUT2D eigenvalue weighted by molar-refractivity contribution is 0.102. The number of hydrogen-bond donors (Lipinski definition) is 2. The number of piperidine rings is 1. The molecular formula is C26H27N7O3S. The molecule has 10 nitrogen and oxygen atoms in total. The zero-order chi connectivity index (χ0) is 26.2. The molecule has 1 aromatic carbocycles. The van der Waals surface area contributed by atoms with Crippen molar-refractivity contribution in [3.63, 3.8) is 0 Å². The van der Waals surface area contributed by atoms with Crippen molar-refractivity contribution in [2.45, 2.75) is 32.2 Å². The minimum atomic E-state index is -3.67. The van der Waals surface area contributed by atoms with E-state index in [1.807, 2.05) is 13.0 Å². The topological polar surface area (TPSA) is 136 Å². The molecule has 3 aromatic heterocycles. The quantitative estimate of drug-likeness (QED) is 0.395. The van der Waals surface area contributed by atoms with Gasteiger partial charge in [-0.15, -0.1) is 0 Å². The zero-order valence-electron chi connectivity index (χ0n) is 20.3. The molecule has 0 saturated carbocycles. The molecule has 3 N–H and O–H groups in total. The fourth-order valence-electron chi connectivity index (χ4n) is 4.76. The van der Waals surface area contributed by atoms with Gasteiger partial charge in [0.1, 0.15) is 28.7 Å². The summed E-state index contributed by atoms with van der Waals surface area (Å²) in [6, 6.07) is 10.2. The molecule has 0 radical (unpaired) electrons. The highest BCUT2D eigenvalue weighted by Crippen LogP contribution is 2.38. The number of anilines is 2. The summed E-state index contributed by atoms with van der Waals surface area (Å²) in [5.74, 6) is 0.925. The van der Waals surface area contributed by atoms with Crippen LogP contribution in [0.4, 0.5) is 11.6 Å². The van der Waals surface area contributed by atoms with Gasteiger partial charge in [-0.05, 0) is 38.0 Å². The summed E-state index contributed by atoms with van der Waals surface area (Å²) in [7, 11) is -3.67. The number of pyridine rings is 1. The zero-order valence-corrected chi connectivity index (χ0v) is 21.1. The molecular weight excluding hydrogens is 490 g/mol. The summed E-state index contributed by atoms with van der Waals surface area (Å²) in [6.45, 7) is 5.73. The van der Waals surface area contributed by atoms with Crippen LogP contribution in [0, 0.1) is 6.92 Å². The summed E-state index contributed by atoms with van der Waals surface area (Å²) in [6.07, 6.45) is 7.13. The minimum absolute atomic E-state index is 0.260. The largest absolute Gasteiger partial charge is 0.382 e. The number of carbonyl (C=O) groups is 1. The van der Waals surface area contributed by atoms with Gasteiger partial charge in [0.2, 0.25) is 10.0 Å². The second kappa shape index (κ2) is 9.75. The lowest BCUT2D eigenvalue weighted by Gasteiger charge is -2.32. The van der Waals surface area contributed by atoms with Crippen LogP contribution in [0.25, 0.3) is 16.8 Å². The van der Waals surface area contributed by atoms with Crippen molar-refractivity contribution in [1.82, 2.24) is 23.7 Å². The Kier molecular flexibility index (Phi) is 6.48. The maximum absolute atomic E-state index is 12.8. The van der Waals surface area contributed by atoms with Crippen LogP contribution in [-0.2, 0) is 10.0 Å². The Morgan fingerprint density at radius 3 is 2.70 bits per heavy atom. The predicted octanol–water partition coefficient (Wildman–Crippen LogP) is 3.93. The standard InChI is InChI=1S/C26H27N7O3S/c1-3-37(35,36)33-15-8-7-11-20(33)25-30-21(22-23(27)28-14-16-32(22)25)19-12-13-29-24(17(19)2)31-26(34)18-9-5-4-6-10-18/h3-6,9-10,12-14,16,20H,1,7-8,11,15H2,2H3,(H2,27,28)(H,29,31,34)/t20-/m0/s1. The van der Waals surface area contributed by atoms with Crippen molar-refractivity contribution in [2.24, 2.45) is 0 Å². The number of nitrogen functional groups attached to an aromatic ring is 1. The first-order chi connectivity index (χ1) is 17.8. The molecule has 0 bridgehead atoms. The monoisotopic (exact) mass is 517 g/mol. The predicted molar refractivity (Wildman–Crippen MR) is 142 cm³/mol. The second-order valence-electron chi connectivity index (χ2n) is 8.84. The van der Waals surface area contributed by atoms with E-state index in [0.717, 1.165) is 18.2 Å². The van der Waals surface area contributed by atoms with Gasteiger partial charge in [0, 0.05) is 47.2 Å². The highest BCUT2D eigenvalue weighted by molar-refractivity contribution is 7.92. The summed E-state index contributed by atoms with van der Waals surface area (Å²) in [5, 5.41) is 3.85. The lowest BCUT2D eigenvalue weighted by atomic mass is 10.0. The molecule has 4 heterocycles. The molecule has 0 spiro atoms. The van der Waals surface area contributed by atoms with E-state index in [1.165, 1.54) is 4.31 Å². The third-order valence-corrected chi connectivity index (χ3v) is 8.14. The number of sulfonamides is 1. The SMILES string of the molecule is C=CS(=O)(=O)N1CCCC[C@H]1c1nc(-c2ccnc(NC(=O)c3ccccc3)c2C)c2c(N)nccn12. The third kappa shape index (κ3) is 4.47. The number of nitrogens with zero attached hydrogens (tertiary/aromatic N) is 5. The number of benzene rings is 1. The van der Waals surface area contributed by atoms with Crippen LogP contribution in [0.15, 0.2) is 67.0 Å². The summed E-state index contributed by atoms with van der Waals surface area (Å²) in [4.78, 5) is 26.4. The molecule has 0 unspecified atom stereocenters. The van der Waals surface area contributed by atoms with Gasteiger partial charge in [0.05, 0.1) is 6.04 Å².